The Bertz CT molecular complexity index is 1250. The molecule has 5 N–H and O–H groups in total. The molecule has 1 amide bonds. The van der Waals surface area contributed by atoms with E-state index in [9.17, 15) is 4.79 Å². The molecule has 170 valence electrons. The van der Waals surface area contributed by atoms with Crippen LogP contribution in [0, 0.1) is 0 Å². The number of anilines is 2. The van der Waals surface area contributed by atoms with Gasteiger partial charge in [-0.3, -0.25) is 4.79 Å². The van der Waals surface area contributed by atoms with Crippen LogP contribution < -0.4 is 26.7 Å². The molecule has 1 aromatic heterocycles. The number of hydrogen-bond donors (Lipinski definition) is 4. The van der Waals surface area contributed by atoms with Crippen molar-refractivity contribution in [3.63, 3.8) is 0 Å². The van der Waals surface area contributed by atoms with Gasteiger partial charge in [0, 0.05) is 5.56 Å². The average Bonchev–Trinajstić information content (AvgIpc) is 2.89. The van der Waals surface area contributed by atoms with Gasteiger partial charge in [-0.05, 0) is 42.0 Å². The Morgan fingerprint density at radius 3 is 2.21 bits per heavy atom. The van der Waals surface area contributed by atoms with Gasteiger partial charge in [0.15, 0.2) is 16.7 Å². The molecule has 1 atom stereocenters. The normalized spacial score (nSPS) is 11.2. The van der Waals surface area contributed by atoms with Crippen molar-refractivity contribution in [3.05, 3.63) is 103 Å². The molecule has 0 saturated carbocycles. The number of nitrogens with zero attached hydrogens (tertiary/aromatic N) is 2. The Morgan fingerprint density at radius 2 is 1.50 bits per heavy atom. The molecule has 4 aromatic rings. The highest BCUT2D eigenvalue weighted by Crippen LogP contribution is 2.24. The maximum atomic E-state index is 12.4. The third-order valence-corrected chi connectivity index (χ3v) is 5.02. The highest BCUT2D eigenvalue weighted by Gasteiger charge is 2.16. The van der Waals surface area contributed by atoms with Gasteiger partial charge in [-0.15, -0.1) is 10.2 Å². The molecule has 34 heavy (non-hydrogen) atoms. The summed E-state index contributed by atoms with van der Waals surface area (Å²) in [6.07, 6.45) is 0. The number of para-hydroxylation sites is 2. The molecule has 0 bridgehead atoms. The molecule has 0 radical (unpaired) electrons. The number of nitrogens with two attached hydrogens (primary N) is 1. The van der Waals surface area contributed by atoms with Crippen molar-refractivity contribution >= 4 is 34.7 Å². The van der Waals surface area contributed by atoms with Crippen molar-refractivity contribution in [2.75, 3.05) is 10.6 Å². The second kappa shape index (κ2) is 11.0. The van der Waals surface area contributed by atoms with Crippen LogP contribution in [0.1, 0.15) is 11.6 Å². The minimum absolute atomic E-state index is 0.283. The number of carbonyl (C=O) groups is 1. The van der Waals surface area contributed by atoms with Crippen LogP contribution in [0.3, 0.4) is 0 Å². The van der Waals surface area contributed by atoms with Crippen molar-refractivity contribution in [2.45, 2.75) is 6.04 Å². The largest absolute Gasteiger partial charge is 0.377 e. The number of hydroxylamine groups is 1. The second-order valence-electron chi connectivity index (χ2n) is 7.20. The highest BCUT2D eigenvalue weighted by molar-refractivity contribution is 7.80. The summed E-state index contributed by atoms with van der Waals surface area (Å²) in [6.45, 7) is 0. The zero-order chi connectivity index (χ0) is 23.8. The van der Waals surface area contributed by atoms with E-state index >= 15 is 0 Å². The SMILES string of the molecule is NC(C(=O)NOc1ccccc1NC(=S)Nc1ccc(-c2ccccc2)nn1)c1ccccc1. The zero-order valence-corrected chi connectivity index (χ0v) is 18.8. The molecule has 0 aliphatic rings. The first-order valence-electron chi connectivity index (χ1n) is 10.4. The van der Waals surface area contributed by atoms with Gasteiger partial charge in [-0.2, -0.15) is 5.48 Å². The van der Waals surface area contributed by atoms with Crippen molar-refractivity contribution in [2.24, 2.45) is 5.73 Å². The number of benzene rings is 3. The van der Waals surface area contributed by atoms with E-state index < -0.39 is 11.9 Å². The fourth-order valence-corrected chi connectivity index (χ4v) is 3.29. The molecule has 0 aliphatic carbocycles. The van der Waals surface area contributed by atoms with Crippen molar-refractivity contribution < 1.29 is 9.63 Å². The van der Waals surface area contributed by atoms with E-state index in [0.717, 1.165) is 11.3 Å². The lowest BCUT2D eigenvalue weighted by atomic mass is 10.1. The summed E-state index contributed by atoms with van der Waals surface area (Å²) in [6, 6.07) is 28.6. The topological polar surface area (TPSA) is 114 Å². The molecule has 1 heterocycles. The highest BCUT2D eigenvalue weighted by atomic mass is 32.1. The smallest absolute Gasteiger partial charge is 0.274 e. The quantitative estimate of drug-likeness (QED) is 0.236. The first-order chi connectivity index (χ1) is 16.6. The Morgan fingerprint density at radius 1 is 0.824 bits per heavy atom. The summed E-state index contributed by atoms with van der Waals surface area (Å²) in [5.74, 6) is 0.374. The molecule has 0 aliphatic heterocycles. The monoisotopic (exact) mass is 470 g/mol. The number of aromatic nitrogens is 2. The Kier molecular flexibility index (Phi) is 7.39. The van der Waals surface area contributed by atoms with Gasteiger partial charge < -0.3 is 21.2 Å². The summed E-state index contributed by atoms with van der Waals surface area (Å²) in [5.41, 5.74) is 11.4. The van der Waals surface area contributed by atoms with Crippen LogP contribution in [-0.2, 0) is 4.79 Å². The van der Waals surface area contributed by atoms with E-state index in [-0.39, 0.29) is 5.11 Å². The summed E-state index contributed by atoms with van der Waals surface area (Å²) in [7, 11) is 0. The van der Waals surface area contributed by atoms with Gasteiger partial charge in [0.2, 0.25) is 0 Å². The van der Waals surface area contributed by atoms with Crippen LogP contribution >= 0.6 is 12.2 Å². The number of hydrogen-bond acceptors (Lipinski definition) is 6. The van der Waals surface area contributed by atoms with Gasteiger partial charge >= 0.3 is 0 Å². The van der Waals surface area contributed by atoms with Crippen molar-refractivity contribution in [3.8, 4) is 17.0 Å². The van der Waals surface area contributed by atoms with Crippen LogP contribution in [-0.4, -0.2) is 21.2 Å². The lowest BCUT2D eigenvalue weighted by Gasteiger charge is -2.16. The van der Waals surface area contributed by atoms with E-state index in [2.05, 4.69) is 26.3 Å². The maximum Gasteiger partial charge on any atom is 0.274 e. The minimum atomic E-state index is -0.860. The molecule has 0 spiro atoms. The molecule has 8 nitrogen and oxygen atoms in total. The van der Waals surface area contributed by atoms with E-state index in [1.54, 1.807) is 36.4 Å². The Balaban J connectivity index is 1.35. The van der Waals surface area contributed by atoms with Gasteiger partial charge in [-0.25, -0.2) is 0 Å². The number of amides is 1. The average molecular weight is 471 g/mol. The van der Waals surface area contributed by atoms with E-state index in [4.69, 9.17) is 22.8 Å². The summed E-state index contributed by atoms with van der Waals surface area (Å²) < 4.78 is 0. The third-order valence-electron chi connectivity index (χ3n) is 4.81. The lowest BCUT2D eigenvalue weighted by molar-refractivity contribution is -0.129. The molecular weight excluding hydrogens is 448 g/mol. The van der Waals surface area contributed by atoms with Crippen LogP contribution in [0.2, 0.25) is 0 Å². The van der Waals surface area contributed by atoms with Crippen molar-refractivity contribution in [1.82, 2.24) is 15.7 Å². The van der Waals surface area contributed by atoms with Crippen LogP contribution in [0.15, 0.2) is 97.1 Å². The molecule has 0 saturated heterocycles. The summed E-state index contributed by atoms with van der Waals surface area (Å²) in [4.78, 5) is 17.9. The summed E-state index contributed by atoms with van der Waals surface area (Å²) in [5, 5.41) is 14.7. The number of rotatable bonds is 7. The predicted octanol–water partition coefficient (Wildman–Crippen LogP) is 4.06. The minimum Gasteiger partial charge on any atom is -0.377 e. The van der Waals surface area contributed by atoms with Crippen LogP contribution in [0.5, 0.6) is 5.75 Å². The third kappa shape index (κ3) is 5.91. The number of thiocarbonyl (C=S) groups is 1. The standard InChI is InChI=1S/C25H22N6O2S/c26-23(18-11-5-2-6-12-18)24(32)31-33-21-14-8-7-13-20(21)27-25(34)28-22-16-15-19(29-30-22)17-9-3-1-4-10-17/h1-16,23H,26H2,(H,31,32)(H2,27,28,30,34). The van der Waals surface area contributed by atoms with Crippen LogP contribution in [0.4, 0.5) is 11.5 Å². The van der Waals surface area contributed by atoms with Crippen molar-refractivity contribution in [1.29, 1.82) is 0 Å². The first-order valence-corrected chi connectivity index (χ1v) is 10.8. The van der Waals surface area contributed by atoms with Gasteiger partial charge in [0.25, 0.3) is 5.91 Å². The fraction of sp³-hybridized carbons (Fsp3) is 0.0400. The Labute approximate surface area is 202 Å². The zero-order valence-electron chi connectivity index (χ0n) is 18.0. The summed E-state index contributed by atoms with van der Waals surface area (Å²) >= 11 is 5.39. The molecule has 0 fully saturated rings. The first kappa shape index (κ1) is 22.8. The predicted molar refractivity (Wildman–Crippen MR) is 136 cm³/mol. The number of carbonyl (C=O) groups excluding carboxylic acids is 1. The van der Waals surface area contributed by atoms with Gasteiger partial charge in [0.1, 0.15) is 6.04 Å². The maximum absolute atomic E-state index is 12.4. The fourth-order valence-electron chi connectivity index (χ4n) is 3.07. The van der Waals surface area contributed by atoms with E-state index in [1.165, 1.54) is 0 Å². The molecule has 3 aromatic carbocycles. The van der Waals surface area contributed by atoms with E-state index in [0.29, 0.717) is 22.8 Å². The van der Waals surface area contributed by atoms with Gasteiger partial charge in [0.05, 0.1) is 11.4 Å². The molecule has 4 rings (SSSR count). The molecule has 1 unspecified atom stereocenters. The van der Waals surface area contributed by atoms with Gasteiger partial charge in [-0.1, -0.05) is 72.8 Å². The molecular formula is C25H22N6O2S. The van der Waals surface area contributed by atoms with Crippen LogP contribution in [0.25, 0.3) is 11.3 Å². The van der Waals surface area contributed by atoms with E-state index in [1.807, 2.05) is 60.7 Å². The second-order valence-corrected chi connectivity index (χ2v) is 7.61. The number of nitrogens with one attached hydrogen (secondary N) is 3. The Hall–Kier alpha value is -4.34. The lowest BCUT2D eigenvalue weighted by Crippen LogP contribution is -2.36. The molecule has 9 heteroatoms.